The zero-order chi connectivity index (χ0) is 14.1. The van der Waals surface area contributed by atoms with Gasteiger partial charge >= 0.3 is 10.4 Å². The summed E-state index contributed by atoms with van der Waals surface area (Å²) in [5.74, 6) is 0. The van der Waals surface area contributed by atoms with Crippen LogP contribution >= 0.6 is 0 Å². The van der Waals surface area contributed by atoms with Crippen LogP contribution < -0.4 is 5.73 Å². The van der Waals surface area contributed by atoms with E-state index in [1.54, 1.807) is 0 Å². The predicted octanol–water partition coefficient (Wildman–Crippen LogP) is 0.396. The van der Waals surface area contributed by atoms with Crippen molar-refractivity contribution in [2.24, 2.45) is 0 Å². The second-order valence-electron chi connectivity index (χ2n) is 3.44. The highest BCUT2D eigenvalue weighted by Crippen LogP contribution is 2.27. The Morgan fingerprint density at radius 2 is 1.78 bits per heavy atom. The maximum atomic E-state index is 11.1. The van der Waals surface area contributed by atoms with Crippen LogP contribution in [-0.2, 0) is 24.7 Å². The molecule has 8 nitrogen and oxygen atoms in total. The lowest BCUT2D eigenvalue weighted by Gasteiger charge is -2.14. The van der Waals surface area contributed by atoms with Gasteiger partial charge in [-0.15, -0.1) is 0 Å². The van der Waals surface area contributed by atoms with Crippen molar-refractivity contribution in [2.45, 2.75) is 17.9 Å². The van der Waals surface area contributed by atoms with Crippen molar-refractivity contribution >= 4 is 26.2 Å². The van der Waals surface area contributed by atoms with Crippen molar-refractivity contribution < 1.29 is 30.1 Å². The standard InChI is InChI=1S/C8H11NO7S2/c1-5(16-18(13,14)15)7-4-6(9)2-3-8(7)17(10,11)12/h2-5H,9H2,1H3,(H,10,11,12)(H,13,14,15). The van der Waals surface area contributed by atoms with Crippen LogP contribution in [0.25, 0.3) is 0 Å². The molecule has 0 heterocycles. The maximum Gasteiger partial charge on any atom is 0.397 e. The molecule has 102 valence electrons. The van der Waals surface area contributed by atoms with Gasteiger partial charge in [-0.25, -0.2) is 4.18 Å². The first-order valence-corrected chi connectivity index (χ1v) is 7.34. The number of rotatable bonds is 4. The van der Waals surface area contributed by atoms with Gasteiger partial charge in [-0.3, -0.25) is 9.11 Å². The van der Waals surface area contributed by atoms with E-state index >= 15 is 0 Å². The largest absolute Gasteiger partial charge is 0.399 e. The Kier molecular flexibility index (Phi) is 3.98. The summed E-state index contributed by atoms with van der Waals surface area (Å²) in [6.07, 6.45) is -1.33. The van der Waals surface area contributed by atoms with Crippen LogP contribution in [-0.4, -0.2) is 25.9 Å². The molecule has 0 amide bonds. The van der Waals surface area contributed by atoms with Gasteiger partial charge in [0.25, 0.3) is 10.1 Å². The average molecular weight is 297 g/mol. The van der Waals surface area contributed by atoms with Gasteiger partial charge in [0, 0.05) is 11.3 Å². The second kappa shape index (κ2) is 4.82. The van der Waals surface area contributed by atoms with Crippen LogP contribution in [0.3, 0.4) is 0 Å². The minimum Gasteiger partial charge on any atom is -0.399 e. The fraction of sp³-hybridized carbons (Fsp3) is 0.250. The number of anilines is 1. The van der Waals surface area contributed by atoms with Crippen molar-refractivity contribution in [1.82, 2.24) is 0 Å². The summed E-state index contributed by atoms with van der Waals surface area (Å²) < 4.78 is 65.0. The Balaban J connectivity index is 3.35. The van der Waals surface area contributed by atoms with Gasteiger partial charge in [-0.1, -0.05) is 0 Å². The van der Waals surface area contributed by atoms with Gasteiger partial charge in [-0.2, -0.15) is 16.8 Å². The summed E-state index contributed by atoms with van der Waals surface area (Å²) in [5.41, 5.74) is 5.39. The summed E-state index contributed by atoms with van der Waals surface area (Å²) in [4.78, 5) is -0.548. The molecule has 1 rings (SSSR count). The number of nitrogens with two attached hydrogens (primary N) is 1. The third-order valence-corrected chi connectivity index (χ3v) is 3.48. The van der Waals surface area contributed by atoms with Gasteiger partial charge in [-0.05, 0) is 25.1 Å². The van der Waals surface area contributed by atoms with E-state index in [1.807, 2.05) is 0 Å². The van der Waals surface area contributed by atoms with Crippen LogP contribution in [0.1, 0.15) is 18.6 Å². The van der Waals surface area contributed by atoms with E-state index in [0.717, 1.165) is 12.1 Å². The molecule has 0 aromatic heterocycles. The Hall–Kier alpha value is -1.20. The van der Waals surface area contributed by atoms with Crippen molar-refractivity contribution in [2.75, 3.05) is 5.73 Å². The van der Waals surface area contributed by atoms with Crippen LogP contribution in [0.5, 0.6) is 0 Å². The van der Waals surface area contributed by atoms with E-state index in [4.69, 9.17) is 14.8 Å². The third-order valence-electron chi connectivity index (χ3n) is 2.02. The normalized spacial score (nSPS) is 14.4. The summed E-state index contributed by atoms with van der Waals surface area (Å²) in [7, 11) is -9.33. The lowest BCUT2D eigenvalue weighted by molar-refractivity contribution is 0.198. The molecule has 0 aliphatic rings. The van der Waals surface area contributed by atoms with E-state index < -0.39 is 31.5 Å². The Labute approximate surface area is 104 Å². The van der Waals surface area contributed by atoms with Crippen LogP contribution in [0, 0.1) is 0 Å². The predicted molar refractivity (Wildman–Crippen MR) is 61.7 cm³/mol. The fourth-order valence-electron chi connectivity index (χ4n) is 1.35. The molecule has 0 radical (unpaired) electrons. The molecule has 0 fully saturated rings. The first kappa shape index (κ1) is 14.9. The molecule has 0 spiro atoms. The molecule has 0 aliphatic heterocycles. The summed E-state index contributed by atoms with van der Waals surface area (Å²) >= 11 is 0. The number of benzene rings is 1. The van der Waals surface area contributed by atoms with Crippen molar-refractivity contribution in [3.8, 4) is 0 Å². The molecule has 0 saturated heterocycles. The van der Waals surface area contributed by atoms with Crippen LogP contribution in [0.15, 0.2) is 23.1 Å². The minimum atomic E-state index is -4.76. The van der Waals surface area contributed by atoms with Gasteiger partial charge in [0.15, 0.2) is 0 Å². The molecule has 0 saturated carbocycles. The highest BCUT2D eigenvalue weighted by Gasteiger charge is 2.23. The van der Waals surface area contributed by atoms with Crippen LogP contribution in [0.4, 0.5) is 5.69 Å². The summed E-state index contributed by atoms with van der Waals surface area (Å²) in [6.45, 7) is 1.18. The smallest absolute Gasteiger partial charge is 0.397 e. The van der Waals surface area contributed by atoms with Crippen molar-refractivity contribution in [3.63, 3.8) is 0 Å². The SMILES string of the molecule is CC(OS(=O)(=O)O)c1cc(N)ccc1S(=O)(=O)O. The molecule has 0 bridgehead atoms. The molecular formula is C8H11NO7S2. The van der Waals surface area contributed by atoms with Crippen molar-refractivity contribution in [1.29, 1.82) is 0 Å². The van der Waals surface area contributed by atoms with Gasteiger partial charge in [0.1, 0.15) is 6.10 Å². The molecule has 1 aromatic rings. The number of hydrogen-bond donors (Lipinski definition) is 3. The zero-order valence-electron chi connectivity index (χ0n) is 9.14. The molecule has 1 aromatic carbocycles. The van der Waals surface area contributed by atoms with E-state index in [-0.39, 0.29) is 11.3 Å². The maximum absolute atomic E-state index is 11.1. The lowest BCUT2D eigenvalue weighted by Crippen LogP contribution is -2.12. The molecular weight excluding hydrogens is 286 g/mol. The minimum absolute atomic E-state index is 0.142. The quantitative estimate of drug-likeness (QED) is 0.535. The monoisotopic (exact) mass is 297 g/mol. The Morgan fingerprint density at radius 1 is 1.22 bits per heavy atom. The number of nitrogen functional groups attached to an aromatic ring is 1. The first-order chi connectivity index (χ1) is 8.00. The van der Waals surface area contributed by atoms with E-state index in [0.29, 0.717) is 0 Å². The highest BCUT2D eigenvalue weighted by molar-refractivity contribution is 7.86. The molecule has 4 N–H and O–H groups in total. The van der Waals surface area contributed by atoms with E-state index in [9.17, 15) is 16.8 Å². The summed E-state index contributed by atoms with van der Waals surface area (Å²) in [5, 5.41) is 0. The van der Waals surface area contributed by atoms with Crippen LogP contribution in [0.2, 0.25) is 0 Å². The third kappa shape index (κ3) is 3.92. The van der Waals surface area contributed by atoms with Gasteiger partial charge in [0.2, 0.25) is 0 Å². The first-order valence-electron chi connectivity index (χ1n) is 4.53. The molecule has 10 heteroatoms. The molecule has 0 aliphatic carbocycles. The highest BCUT2D eigenvalue weighted by atomic mass is 32.3. The van der Waals surface area contributed by atoms with Gasteiger partial charge < -0.3 is 5.73 Å². The molecule has 1 unspecified atom stereocenters. The fourth-order valence-corrected chi connectivity index (χ4v) is 2.59. The Bertz CT molecular complexity index is 650. The van der Waals surface area contributed by atoms with Crippen molar-refractivity contribution in [3.05, 3.63) is 23.8 Å². The molecule has 1 atom stereocenters. The second-order valence-corrected chi connectivity index (χ2v) is 5.88. The molecule has 18 heavy (non-hydrogen) atoms. The summed E-state index contributed by atoms with van der Waals surface area (Å²) in [6, 6.07) is 3.34. The Morgan fingerprint density at radius 3 is 2.22 bits per heavy atom. The zero-order valence-corrected chi connectivity index (χ0v) is 10.8. The number of hydrogen-bond acceptors (Lipinski definition) is 6. The van der Waals surface area contributed by atoms with E-state index in [1.165, 1.54) is 13.0 Å². The van der Waals surface area contributed by atoms with E-state index in [2.05, 4.69) is 4.18 Å². The lowest BCUT2D eigenvalue weighted by atomic mass is 10.1. The topological polar surface area (TPSA) is 144 Å². The van der Waals surface area contributed by atoms with Gasteiger partial charge in [0.05, 0.1) is 4.90 Å². The average Bonchev–Trinajstić information content (AvgIpc) is 2.12.